The lowest BCUT2D eigenvalue weighted by Crippen LogP contribution is -2.10. The van der Waals surface area contributed by atoms with Gasteiger partial charge in [0, 0.05) is 18.0 Å². The van der Waals surface area contributed by atoms with Gasteiger partial charge < -0.3 is 9.47 Å². The first-order chi connectivity index (χ1) is 13.3. The maximum atomic E-state index is 12.0. The minimum atomic E-state index is -3.45. The molecular weight excluding hydrogens is 376 g/mol. The van der Waals surface area contributed by atoms with Crippen molar-refractivity contribution in [3.8, 4) is 22.9 Å². The summed E-state index contributed by atoms with van der Waals surface area (Å²) in [4.78, 5) is 4.19. The second-order valence-electron chi connectivity index (χ2n) is 6.62. The third-order valence-corrected chi connectivity index (χ3v) is 5.36. The summed E-state index contributed by atoms with van der Waals surface area (Å²) in [5.41, 5.74) is 4.09. The molecule has 0 bridgehead atoms. The van der Waals surface area contributed by atoms with Crippen LogP contribution in [0.4, 0.5) is 0 Å². The van der Waals surface area contributed by atoms with Crippen LogP contribution in [0.2, 0.25) is 0 Å². The molecule has 148 valence electrons. The smallest absolute Gasteiger partial charge is 0.237 e. The number of ether oxygens (including phenoxy) is 2. The van der Waals surface area contributed by atoms with E-state index < -0.39 is 10.0 Å². The van der Waals surface area contributed by atoms with Crippen molar-refractivity contribution in [2.75, 3.05) is 12.9 Å². The van der Waals surface area contributed by atoms with E-state index in [9.17, 15) is 8.42 Å². The fraction of sp³-hybridized carbons (Fsp3) is 0.286. The lowest BCUT2D eigenvalue weighted by Gasteiger charge is -2.15. The zero-order chi connectivity index (χ0) is 20.3. The van der Waals surface area contributed by atoms with Gasteiger partial charge in [-0.3, -0.25) is 0 Å². The molecule has 0 amide bonds. The number of benzene rings is 2. The Morgan fingerprint density at radius 1 is 1.04 bits per heavy atom. The van der Waals surface area contributed by atoms with Crippen molar-refractivity contribution in [3.63, 3.8) is 0 Å². The van der Waals surface area contributed by atoms with E-state index in [1.165, 1.54) is 18.0 Å². The Hall–Kier alpha value is -2.80. The average Bonchev–Trinajstić information content (AvgIpc) is 3.14. The molecule has 0 fully saturated rings. The summed E-state index contributed by atoms with van der Waals surface area (Å²) in [5.74, 6) is 1.49. The van der Waals surface area contributed by atoms with Crippen LogP contribution in [0.1, 0.15) is 23.6 Å². The predicted octanol–water partition coefficient (Wildman–Crippen LogP) is 3.95. The van der Waals surface area contributed by atoms with Gasteiger partial charge in [0.15, 0.2) is 17.3 Å². The summed E-state index contributed by atoms with van der Waals surface area (Å²) in [7, 11) is -3.45. The molecule has 0 aliphatic heterocycles. The Morgan fingerprint density at radius 3 is 2.54 bits per heavy atom. The highest BCUT2D eigenvalue weighted by Gasteiger charge is 2.16. The quantitative estimate of drug-likeness (QED) is 0.600. The van der Waals surface area contributed by atoms with E-state index in [-0.39, 0.29) is 0 Å². The van der Waals surface area contributed by atoms with Gasteiger partial charge in [0.25, 0.3) is 0 Å². The fourth-order valence-corrected chi connectivity index (χ4v) is 3.65. The van der Waals surface area contributed by atoms with Crippen molar-refractivity contribution in [2.24, 2.45) is 0 Å². The Bertz CT molecular complexity index is 1090. The topological polar surface area (TPSA) is 70.4 Å². The number of nitrogens with zero attached hydrogens (tertiary/aromatic N) is 2. The molecule has 28 heavy (non-hydrogen) atoms. The number of imidazole rings is 1. The second-order valence-corrected chi connectivity index (χ2v) is 8.48. The van der Waals surface area contributed by atoms with Gasteiger partial charge in [-0.25, -0.2) is 17.4 Å². The molecule has 0 N–H and O–H groups in total. The van der Waals surface area contributed by atoms with Gasteiger partial charge in [-0.15, -0.1) is 0 Å². The minimum Gasteiger partial charge on any atom is -0.490 e. The summed E-state index contributed by atoms with van der Waals surface area (Å²) in [6, 6.07) is 11.6. The van der Waals surface area contributed by atoms with Crippen molar-refractivity contribution in [1.29, 1.82) is 0 Å². The predicted molar refractivity (Wildman–Crippen MR) is 109 cm³/mol. The van der Waals surface area contributed by atoms with Crippen LogP contribution >= 0.6 is 0 Å². The number of rotatable bonds is 7. The van der Waals surface area contributed by atoms with Crippen LogP contribution in [0, 0.1) is 13.8 Å². The molecule has 0 atom stereocenters. The highest BCUT2D eigenvalue weighted by atomic mass is 32.2. The highest BCUT2D eigenvalue weighted by Crippen LogP contribution is 2.33. The fourth-order valence-electron chi connectivity index (χ4n) is 2.91. The average molecular weight is 401 g/mol. The van der Waals surface area contributed by atoms with E-state index in [0.717, 1.165) is 21.4 Å². The van der Waals surface area contributed by atoms with Gasteiger partial charge in [0.1, 0.15) is 6.61 Å². The second kappa shape index (κ2) is 8.06. The zero-order valence-electron chi connectivity index (χ0n) is 16.5. The maximum absolute atomic E-state index is 12.0. The Morgan fingerprint density at radius 2 is 1.82 bits per heavy atom. The van der Waals surface area contributed by atoms with Crippen LogP contribution in [-0.4, -0.2) is 30.2 Å². The summed E-state index contributed by atoms with van der Waals surface area (Å²) in [6.45, 7) is 6.87. The monoisotopic (exact) mass is 400 g/mol. The largest absolute Gasteiger partial charge is 0.490 e. The Labute approximate surface area is 165 Å². The van der Waals surface area contributed by atoms with Crippen molar-refractivity contribution < 1.29 is 17.9 Å². The number of hydrogen-bond acceptors (Lipinski definition) is 5. The number of aryl methyl sites for hydroxylation is 2. The molecule has 0 saturated carbocycles. The SMILES string of the molecule is CCOc1cc(-c2nccn2S(C)(=O)=O)ccc1OCc1cc(C)ccc1C. The van der Waals surface area contributed by atoms with Crippen LogP contribution < -0.4 is 9.47 Å². The van der Waals surface area contributed by atoms with Crippen LogP contribution in [0.3, 0.4) is 0 Å². The lowest BCUT2D eigenvalue weighted by molar-refractivity contribution is 0.269. The molecule has 7 heteroatoms. The van der Waals surface area contributed by atoms with Crippen LogP contribution in [0.5, 0.6) is 11.5 Å². The number of hydrogen-bond donors (Lipinski definition) is 0. The van der Waals surface area contributed by atoms with Crippen LogP contribution in [-0.2, 0) is 16.6 Å². The van der Waals surface area contributed by atoms with Crippen LogP contribution in [0.25, 0.3) is 11.4 Å². The standard InChI is InChI=1S/C21H24N2O4S/c1-5-26-20-13-17(21-22-10-11-23(21)28(4,24)25)8-9-19(20)27-14-18-12-15(2)6-7-16(18)3/h6-13H,5,14H2,1-4H3. The van der Waals surface area contributed by atoms with Crippen LogP contribution in [0.15, 0.2) is 48.8 Å². The molecule has 1 aromatic heterocycles. The first-order valence-corrected chi connectivity index (χ1v) is 10.8. The molecule has 0 spiro atoms. The Balaban J connectivity index is 1.92. The molecule has 2 aromatic carbocycles. The first kappa shape index (κ1) is 19.9. The molecule has 3 rings (SSSR count). The van der Waals surface area contributed by atoms with Gasteiger partial charge in [-0.2, -0.15) is 0 Å². The van der Waals surface area contributed by atoms with Gasteiger partial charge in [0.2, 0.25) is 10.0 Å². The van der Waals surface area contributed by atoms with E-state index in [1.807, 2.05) is 13.8 Å². The lowest BCUT2D eigenvalue weighted by atomic mass is 10.1. The van der Waals surface area contributed by atoms with E-state index in [4.69, 9.17) is 9.47 Å². The Kier molecular flexibility index (Phi) is 5.74. The van der Waals surface area contributed by atoms with Gasteiger partial charge in [0.05, 0.1) is 12.9 Å². The van der Waals surface area contributed by atoms with Gasteiger partial charge in [-0.05, 0) is 50.1 Å². The third-order valence-electron chi connectivity index (χ3n) is 4.35. The minimum absolute atomic E-state index is 0.338. The molecule has 0 aliphatic rings. The molecule has 6 nitrogen and oxygen atoms in total. The highest BCUT2D eigenvalue weighted by molar-refractivity contribution is 7.89. The molecule has 3 aromatic rings. The van der Waals surface area contributed by atoms with Gasteiger partial charge in [-0.1, -0.05) is 23.8 Å². The maximum Gasteiger partial charge on any atom is 0.237 e. The zero-order valence-corrected chi connectivity index (χ0v) is 17.3. The van der Waals surface area contributed by atoms with E-state index in [2.05, 4.69) is 30.1 Å². The molecular formula is C21H24N2O4S. The van der Waals surface area contributed by atoms with Crippen molar-refractivity contribution >= 4 is 10.0 Å². The molecule has 0 saturated heterocycles. The summed E-state index contributed by atoms with van der Waals surface area (Å²) >= 11 is 0. The molecule has 1 heterocycles. The number of aromatic nitrogens is 2. The van der Waals surface area contributed by atoms with E-state index in [1.54, 1.807) is 18.2 Å². The van der Waals surface area contributed by atoms with Gasteiger partial charge >= 0.3 is 0 Å². The summed E-state index contributed by atoms with van der Waals surface area (Å²) < 4.78 is 36.8. The molecule has 0 aliphatic carbocycles. The molecule has 0 unspecified atom stereocenters. The van der Waals surface area contributed by atoms with E-state index in [0.29, 0.717) is 36.1 Å². The first-order valence-electron chi connectivity index (χ1n) is 8.99. The molecule has 0 radical (unpaired) electrons. The van der Waals surface area contributed by atoms with E-state index >= 15 is 0 Å². The van der Waals surface area contributed by atoms with Crippen molar-refractivity contribution in [1.82, 2.24) is 8.96 Å². The van der Waals surface area contributed by atoms with Crippen molar-refractivity contribution in [2.45, 2.75) is 27.4 Å². The summed E-state index contributed by atoms with van der Waals surface area (Å²) in [5, 5.41) is 0. The summed E-state index contributed by atoms with van der Waals surface area (Å²) in [6.07, 6.45) is 4.03. The normalized spacial score (nSPS) is 11.4. The van der Waals surface area contributed by atoms with Crippen molar-refractivity contribution in [3.05, 3.63) is 65.5 Å². The third kappa shape index (κ3) is 4.36.